The maximum atomic E-state index is 10.5. The van der Waals surface area contributed by atoms with Crippen molar-refractivity contribution in [2.24, 2.45) is 0 Å². The summed E-state index contributed by atoms with van der Waals surface area (Å²) in [4.78, 5) is 14.4. The average Bonchev–Trinajstić information content (AvgIpc) is 2.58. The van der Waals surface area contributed by atoms with Crippen LogP contribution in [0.25, 0.3) is 0 Å². The summed E-state index contributed by atoms with van der Waals surface area (Å²) in [6.07, 6.45) is 4.20. The van der Waals surface area contributed by atoms with Gasteiger partial charge in [0.05, 0.1) is 5.41 Å². The number of carbonyl (C=O) groups excluding carboxylic acids is 1. The summed E-state index contributed by atoms with van der Waals surface area (Å²) in [5, 5.41) is 6.38. The van der Waals surface area contributed by atoms with Crippen molar-refractivity contribution >= 4 is 6.29 Å². The fraction of sp³-hybridized carbons (Fsp3) is 0.500. The Kier molecular flexibility index (Phi) is 0.922. The number of aldehydes is 1. The molecule has 0 amide bonds. The predicted molar refractivity (Wildman–Crippen MR) is 33.4 cm³/mol. The maximum absolute atomic E-state index is 10.5. The van der Waals surface area contributed by atoms with E-state index in [1.165, 1.54) is 6.33 Å². The maximum Gasteiger partial charge on any atom is 0.137 e. The van der Waals surface area contributed by atoms with Crippen LogP contribution in [0.5, 0.6) is 0 Å². The number of aromatic amines is 1. The Balaban J connectivity index is 2.35. The number of rotatable bonds is 2. The molecule has 52 valence electrons. The molecule has 0 radical (unpaired) electrons. The quantitative estimate of drug-likeness (QED) is 0.585. The van der Waals surface area contributed by atoms with Crippen molar-refractivity contribution < 1.29 is 4.79 Å². The van der Waals surface area contributed by atoms with Crippen LogP contribution in [-0.4, -0.2) is 21.5 Å². The lowest BCUT2D eigenvalue weighted by Crippen LogP contribution is -2.09. The standard InChI is InChI=1S/C6H7N3O/c10-3-6(1-2-6)5-7-4-8-9-5/h3-4H,1-2H2,(H,7,8,9). The number of carbonyl (C=O) groups is 1. The van der Waals surface area contributed by atoms with E-state index in [1.54, 1.807) is 0 Å². The molecule has 1 heterocycles. The lowest BCUT2D eigenvalue weighted by Gasteiger charge is -1.97. The first-order valence-corrected chi connectivity index (χ1v) is 3.20. The highest BCUT2D eigenvalue weighted by molar-refractivity contribution is 5.70. The highest BCUT2D eigenvalue weighted by Gasteiger charge is 2.47. The minimum atomic E-state index is -0.295. The molecular formula is C6H7N3O. The zero-order valence-electron chi connectivity index (χ0n) is 5.37. The Labute approximate surface area is 57.7 Å². The predicted octanol–water partition coefficient (Wildman–Crippen LogP) is 0.0352. The van der Waals surface area contributed by atoms with Gasteiger partial charge in [-0.1, -0.05) is 0 Å². The van der Waals surface area contributed by atoms with Crippen molar-refractivity contribution in [1.29, 1.82) is 0 Å². The second kappa shape index (κ2) is 1.65. The third kappa shape index (κ3) is 0.586. The zero-order valence-corrected chi connectivity index (χ0v) is 5.37. The first kappa shape index (κ1) is 5.58. The van der Waals surface area contributed by atoms with Crippen LogP contribution in [0.4, 0.5) is 0 Å². The van der Waals surface area contributed by atoms with Gasteiger partial charge in [-0.2, -0.15) is 5.10 Å². The van der Waals surface area contributed by atoms with Crippen LogP contribution in [0.3, 0.4) is 0 Å². The van der Waals surface area contributed by atoms with E-state index in [4.69, 9.17) is 0 Å². The number of nitrogens with zero attached hydrogens (tertiary/aromatic N) is 2. The fourth-order valence-corrected chi connectivity index (χ4v) is 0.991. The zero-order chi connectivity index (χ0) is 7.03. The molecule has 1 aromatic rings. The first-order valence-electron chi connectivity index (χ1n) is 3.20. The Morgan fingerprint density at radius 3 is 2.90 bits per heavy atom. The third-order valence-corrected chi connectivity index (χ3v) is 1.90. The molecule has 1 aliphatic carbocycles. The van der Waals surface area contributed by atoms with Gasteiger partial charge < -0.3 is 4.79 Å². The molecular weight excluding hydrogens is 130 g/mol. The molecule has 0 aliphatic heterocycles. The van der Waals surface area contributed by atoms with Crippen molar-refractivity contribution in [3.05, 3.63) is 12.2 Å². The summed E-state index contributed by atoms with van der Waals surface area (Å²) in [6.45, 7) is 0. The molecule has 10 heavy (non-hydrogen) atoms. The minimum absolute atomic E-state index is 0.295. The summed E-state index contributed by atoms with van der Waals surface area (Å²) in [6, 6.07) is 0. The van der Waals surface area contributed by atoms with Crippen molar-refractivity contribution in [3.63, 3.8) is 0 Å². The van der Waals surface area contributed by atoms with Gasteiger partial charge in [-0.15, -0.1) is 0 Å². The van der Waals surface area contributed by atoms with Gasteiger partial charge in [0.1, 0.15) is 18.4 Å². The molecule has 2 rings (SSSR count). The number of aromatic nitrogens is 3. The van der Waals surface area contributed by atoms with Crippen molar-refractivity contribution in [3.8, 4) is 0 Å². The highest BCUT2D eigenvalue weighted by atomic mass is 16.1. The Morgan fingerprint density at radius 1 is 1.70 bits per heavy atom. The van der Waals surface area contributed by atoms with Crippen LogP contribution in [0, 0.1) is 0 Å². The van der Waals surface area contributed by atoms with E-state index in [9.17, 15) is 4.79 Å². The molecule has 0 spiro atoms. The Bertz CT molecular complexity index is 238. The molecule has 0 aromatic carbocycles. The summed E-state index contributed by atoms with van der Waals surface area (Å²) in [7, 11) is 0. The highest BCUT2D eigenvalue weighted by Crippen LogP contribution is 2.43. The number of nitrogens with one attached hydrogen (secondary N) is 1. The Morgan fingerprint density at radius 2 is 2.50 bits per heavy atom. The van der Waals surface area contributed by atoms with Gasteiger partial charge in [0.2, 0.25) is 0 Å². The fourth-order valence-electron chi connectivity index (χ4n) is 0.991. The molecule has 0 unspecified atom stereocenters. The molecule has 0 saturated heterocycles. The van der Waals surface area contributed by atoms with Gasteiger partial charge in [-0.3, -0.25) is 5.10 Å². The average molecular weight is 137 g/mol. The van der Waals surface area contributed by atoms with E-state index in [0.717, 1.165) is 19.1 Å². The molecule has 1 aliphatic rings. The number of H-pyrrole nitrogens is 1. The third-order valence-electron chi connectivity index (χ3n) is 1.90. The van der Waals surface area contributed by atoms with Crippen LogP contribution in [0.2, 0.25) is 0 Å². The second-order valence-corrected chi connectivity index (χ2v) is 2.61. The monoisotopic (exact) mass is 137 g/mol. The van der Waals surface area contributed by atoms with Crippen LogP contribution in [0.15, 0.2) is 6.33 Å². The molecule has 4 heteroatoms. The summed E-state index contributed by atoms with van der Waals surface area (Å²) in [5.41, 5.74) is -0.295. The summed E-state index contributed by atoms with van der Waals surface area (Å²) < 4.78 is 0. The van der Waals surface area contributed by atoms with Gasteiger partial charge in [-0.25, -0.2) is 4.98 Å². The van der Waals surface area contributed by atoms with Crippen LogP contribution in [-0.2, 0) is 10.2 Å². The SMILES string of the molecule is O=CC1(c2ncn[nH]2)CC1. The van der Waals surface area contributed by atoms with Crippen molar-refractivity contribution in [1.82, 2.24) is 15.2 Å². The summed E-state index contributed by atoms with van der Waals surface area (Å²) >= 11 is 0. The minimum Gasteiger partial charge on any atom is -0.302 e. The Hall–Kier alpha value is -1.19. The number of hydrogen-bond donors (Lipinski definition) is 1. The van der Waals surface area contributed by atoms with E-state index in [0.29, 0.717) is 5.82 Å². The van der Waals surface area contributed by atoms with Gasteiger partial charge in [0.15, 0.2) is 0 Å². The molecule has 0 atom stereocenters. The molecule has 1 fully saturated rings. The lowest BCUT2D eigenvalue weighted by atomic mass is 10.1. The van der Waals surface area contributed by atoms with Crippen molar-refractivity contribution in [2.45, 2.75) is 18.3 Å². The van der Waals surface area contributed by atoms with Crippen molar-refractivity contribution in [2.75, 3.05) is 0 Å². The van der Waals surface area contributed by atoms with E-state index in [1.807, 2.05) is 0 Å². The second-order valence-electron chi connectivity index (χ2n) is 2.61. The van der Waals surface area contributed by atoms with Crippen LogP contribution in [0.1, 0.15) is 18.7 Å². The van der Waals surface area contributed by atoms with Crippen LogP contribution >= 0.6 is 0 Å². The topological polar surface area (TPSA) is 58.6 Å². The van der Waals surface area contributed by atoms with Gasteiger partial charge in [0, 0.05) is 0 Å². The van der Waals surface area contributed by atoms with Crippen LogP contribution < -0.4 is 0 Å². The van der Waals surface area contributed by atoms with Gasteiger partial charge >= 0.3 is 0 Å². The van der Waals surface area contributed by atoms with E-state index >= 15 is 0 Å². The van der Waals surface area contributed by atoms with Gasteiger partial charge in [0.25, 0.3) is 0 Å². The smallest absolute Gasteiger partial charge is 0.137 e. The largest absolute Gasteiger partial charge is 0.302 e. The normalized spacial score (nSPS) is 20.4. The summed E-state index contributed by atoms with van der Waals surface area (Å²) in [5.74, 6) is 0.711. The lowest BCUT2D eigenvalue weighted by molar-refractivity contribution is -0.110. The van der Waals surface area contributed by atoms with E-state index in [-0.39, 0.29) is 5.41 Å². The molecule has 1 N–H and O–H groups in total. The van der Waals surface area contributed by atoms with E-state index < -0.39 is 0 Å². The molecule has 4 nitrogen and oxygen atoms in total. The van der Waals surface area contributed by atoms with E-state index in [2.05, 4.69) is 15.2 Å². The first-order chi connectivity index (χ1) is 4.87. The number of hydrogen-bond acceptors (Lipinski definition) is 3. The van der Waals surface area contributed by atoms with Gasteiger partial charge in [-0.05, 0) is 12.8 Å². The molecule has 1 saturated carbocycles. The molecule has 1 aromatic heterocycles. The molecule has 0 bridgehead atoms.